The Morgan fingerprint density at radius 3 is 2.40 bits per heavy atom. The Balaban J connectivity index is 0.00000320. The topological polar surface area (TPSA) is 70.4 Å². The molecule has 1 aliphatic heterocycles. The number of nitrogens with one attached hydrogen (secondary N) is 2. The van der Waals surface area contributed by atoms with Crippen LogP contribution in [-0.4, -0.2) is 50.8 Å². The summed E-state index contributed by atoms with van der Waals surface area (Å²) in [6, 6.07) is 10.3. The summed E-state index contributed by atoms with van der Waals surface area (Å²) >= 11 is 0. The molecule has 0 amide bonds. The molecular formula is C22H36IN7. The van der Waals surface area contributed by atoms with E-state index in [2.05, 4.69) is 51.7 Å². The number of rotatable bonds is 7. The fourth-order valence-electron chi connectivity index (χ4n) is 3.61. The minimum absolute atomic E-state index is 0. The third-order valence-electron chi connectivity index (χ3n) is 5.76. The van der Waals surface area contributed by atoms with Crippen molar-refractivity contribution >= 4 is 29.9 Å². The predicted molar refractivity (Wildman–Crippen MR) is 133 cm³/mol. The zero-order valence-corrected chi connectivity index (χ0v) is 21.0. The highest BCUT2D eigenvalue weighted by molar-refractivity contribution is 14.0. The van der Waals surface area contributed by atoms with Crippen LogP contribution in [0.2, 0.25) is 0 Å². The molecule has 1 aromatic heterocycles. The van der Waals surface area contributed by atoms with Crippen molar-refractivity contribution in [1.29, 1.82) is 0 Å². The van der Waals surface area contributed by atoms with Crippen molar-refractivity contribution in [2.75, 3.05) is 19.6 Å². The molecule has 1 fully saturated rings. The molecule has 1 aliphatic rings. The van der Waals surface area contributed by atoms with Crippen LogP contribution in [0, 0.1) is 6.92 Å². The second kappa shape index (κ2) is 11.6. The average Bonchev–Trinajstić information content (AvgIpc) is 3.06. The Labute approximate surface area is 197 Å². The molecule has 0 spiro atoms. The highest BCUT2D eigenvalue weighted by atomic mass is 127. The summed E-state index contributed by atoms with van der Waals surface area (Å²) in [5, 5.41) is 15.4. The van der Waals surface area contributed by atoms with Gasteiger partial charge in [0.2, 0.25) is 0 Å². The highest BCUT2D eigenvalue weighted by Crippen LogP contribution is 2.19. The molecule has 0 radical (unpaired) electrons. The van der Waals surface area contributed by atoms with E-state index >= 15 is 0 Å². The van der Waals surface area contributed by atoms with Gasteiger partial charge >= 0.3 is 0 Å². The van der Waals surface area contributed by atoms with Crippen molar-refractivity contribution in [3.8, 4) is 0 Å². The average molecular weight is 525 g/mol. The number of likely N-dealkylation sites (tertiary alicyclic amines) is 1. The summed E-state index contributed by atoms with van der Waals surface area (Å²) in [5.74, 6) is 2.61. The fraction of sp³-hybridized carbons (Fsp3) is 0.591. The number of benzene rings is 1. The quantitative estimate of drug-likeness (QED) is 0.330. The van der Waals surface area contributed by atoms with E-state index in [9.17, 15) is 0 Å². The Kier molecular flexibility index (Phi) is 9.54. The number of aromatic nitrogens is 3. The largest absolute Gasteiger partial charge is 0.355 e. The molecule has 8 heteroatoms. The number of halogens is 1. The summed E-state index contributed by atoms with van der Waals surface area (Å²) in [4.78, 5) is 7.40. The van der Waals surface area contributed by atoms with Gasteiger partial charge in [-0.15, -0.1) is 34.2 Å². The van der Waals surface area contributed by atoms with Crippen LogP contribution in [0.3, 0.4) is 0 Å². The maximum absolute atomic E-state index is 4.81. The number of hydrogen-bond donors (Lipinski definition) is 2. The van der Waals surface area contributed by atoms with Crippen LogP contribution >= 0.6 is 24.0 Å². The van der Waals surface area contributed by atoms with Crippen molar-refractivity contribution in [3.05, 3.63) is 47.5 Å². The first-order valence-electron chi connectivity index (χ1n) is 10.6. The lowest BCUT2D eigenvalue weighted by molar-refractivity contribution is 0.0982. The van der Waals surface area contributed by atoms with E-state index < -0.39 is 0 Å². The van der Waals surface area contributed by atoms with Crippen molar-refractivity contribution in [3.63, 3.8) is 0 Å². The molecule has 2 N–H and O–H groups in total. The first-order valence-corrected chi connectivity index (χ1v) is 10.6. The lowest BCUT2D eigenvalue weighted by Crippen LogP contribution is -2.54. The first kappa shape index (κ1) is 24.6. The summed E-state index contributed by atoms with van der Waals surface area (Å²) in [7, 11) is 1.99. The first-order chi connectivity index (χ1) is 14.0. The number of aliphatic imine (C=N–C) groups is 1. The third kappa shape index (κ3) is 6.94. The molecule has 2 aromatic rings. The maximum atomic E-state index is 4.81. The van der Waals surface area contributed by atoms with Gasteiger partial charge in [0.1, 0.15) is 5.82 Å². The SMILES string of the molecule is Cc1nnc(CNC(=NCc2ccccc2)NCC(C)(C)N2CCCCC2)n1C.I. The van der Waals surface area contributed by atoms with Crippen molar-refractivity contribution in [2.24, 2.45) is 12.0 Å². The van der Waals surface area contributed by atoms with Crippen molar-refractivity contribution < 1.29 is 0 Å². The van der Waals surface area contributed by atoms with Gasteiger partial charge in [-0.3, -0.25) is 4.90 Å². The zero-order chi connectivity index (χ0) is 20.7. The van der Waals surface area contributed by atoms with Gasteiger partial charge in [0.25, 0.3) is 0 Å². The van der Waals surface area contributed by atoms with Crippen LogP contribution < -0.4 is 10.6 Å². The number of aryl methyl sites for hydroxylation is 1. The van der Waals surface area contributed by atoms with E-state index in [1.165, 1.54) is 37.9 Å². The number of guanidine groups is 1. The minimum Gasteiger partial charge on any atom is -0.355 e. The Bertz CT molecular complexity index is 795. The monoisotopic (exact) mass is 525 g/mol. The molecule has 7 nitrogen and oxygen atoms in total. The smallest absolute Gasteiger partial charge is 0.192 e. The van der Waals surface area contributed by atoms with Gasteiger partial charge in [0, 0.05) is 19.1 Å². The maximum Gasteiger partial charge on any atom is 0.192 e. The van der Waals surface area contributed by atoms with Gasteiger partial charge in [-0.2, -0.15) is 0 Å². The van der Waals surface area contributed by atoms with E-state index in [-0.39, 0.29) is 29.5 Å². The van der Waals surface area contributed by atoms with Crippen LogP contribution in [0.5, 0.6) is 0 Å². The van der Waals surface area contributed by atoms with E-state index in [0.717, 1.165) is 24.2 Å². The number of piperidine rings is 1. The molecule has 3 rings (SSSR count). The van der Waals surface area contributed by atoms with Gasteiger partial charge in [0.15, 0.2) is 11.8 Å². The molecule has 30 heavy (non-hydrogen) atoms. The standard InChI is InChI=1S/C22H35N7.HI/c1-18-26-27-20(28(18)4)16-24-21(23-15-19-11-7-5-8-12-19)25-17-22(2,3)29-13-9-6-10-14-29;/h5,7-8,11-12H,6,9-10,13-17H2,1-4H3,(H2,23,24,25);1H. The van der Waals surface area contributed by atoms with Gasteiger partial charge in [0.05, 0.1) is 13.1 Å². The summed E-state index contributed by atoms with van der Waals surface area (Å²) in [6.07, 6.45) is 3.94. The van der Waals surface area contributed by atoms with Crippen LogP contribution in [0.4, 0.5) is 0 Å². The van der Waals surface area contributed by atoms with E-state index in [0.29, 0.717) is 13.1 Å². The van der Waals surface area contributed by atoms with Gasteiger partial charge in [-0.1, -0.05) is 36.8 Å². The molecule has 166 valence electrons. The predicted octanol–water partition coefficient (Wildman–Crippen LogP) is 3.24. The molecule has 2 heterocycles. The van der Waals surface area contributed by atoms with Gasteiger partial charge < -0.3 is 15.2 Å². The highest BCUT2D eigenvalue weighted by Gasteiger charge is 2.28. The molecule has 0 bridgehead atoms. The lowest BCUT2D eigenvalue weighted by atomic mass is 9.98. The molecule has 0 atom stereocenters. The Morgan fingerprint density at radius 2 is 1.77 bits per heavy atom. The minimum atomic E-state index is 0. The van der Waals surface area contributed by atoms with Gasteiger partial charge in [-0.05, 0) is 52.3 Å². The molecule has 0 saturated carbocycles. The second-order valence-electron chi connectivity index (χ2n) is 8.44. The molecule has 0 unspecified atom stereocenters. The second-order valence-corrected chi connectivity index (χ2v) is 8.44. The number of hydrogen-bond acceptors (Lipinski definition) is 4. The van der Waals surface area contributed by atoms with E-state index in [4.69, 9.17) is 4.99 Å². The molecule has 1 aromatic carbocycles. The van der Waals surface area contributed by atoms with Crippen LogP contribution in [0.1, 0.15) is 50.3 Å². The van der Waals surface area contributed by atoms with Crippen molar-refractivity contribution in [2.45, 2.75) is 58.7 Å². The van der Waals surface area contributed by atoms with Crippen LogP contribution in [0.15, 0.2) is 35.3 Å². The molecular weight excluding hydrogens is 489 g/mol. The van der Waals surface area contributed by atoms with Crippen LogP contribution in [0.25, 0.3) is 0 Å². The molecule has 1 saturated heterocycles. The Morgan fingerprint density at radius 1 is 1.07 bits per heavy atom. The summed E-state index contributed by atoms with van der Waals surface area (Å²) in [6.45, 7) is 11.0. The molecule has 0 aliphatic carbocycles. The normalized spacial score (nSPS) is 15.5. The lowest BCUT2D eigenvalue weighted by Gasteiger charge is -2.41. The summed E-state index contributed by atoms with van der Waals surface area (Å²) < 4.78 is 2.00. The fourth-order valence-corrected chi connectivity index (χ4v) is 3.61. The van der Waals surface area contributed by atoms with Crippen LogP contribution in [-0.2, 0) is 20.1 Å². The van der Waals surface area contributed by atoms with Crippen molar-refractivity contribution in [1.82, 2.24) is 30.3 Å². The van der Waals surface area contributed by atoms with Gasteiger partial charge in [-0.25, -0.2) is 4.99 Å². The Hall–Kier alpha value is -1.68. The zero-order valence-electron chi connectivity index (χ0n) is 18.7. The summed E-state index contributed by atoms with van der Waals surface area (Å²) in [5.41, 5.74) is 1.27. The van der Waals surface area contributed by atoms with E-state index in [1.807, 2.05) is 36.7 Å². The number of nitrogens with zero attached hydrogens (tertiary/aromatic N) is 5. The third-order valence-corrected chi connectivity index (χ3v) is 5.76. The van der Waals surface area contributed by atoms with E-state index in [1.54, 1.807) is 0 Å².